The second kappa shape index (κ2) is 10.4. The van der Waals surface area contributed by atoms with E-state index < -0.39 is 0 Å². The van der Waals surface area contributed by atoms with Crippen LogP contribution in [0, 0.1) is 0 Å². The van der Waals surface area contributed by atoms with Gasteiger partial charge < -0.3 is 15.5 Å². The molecule has 0 aliphatic carbocycles. The van der Waals surface area contributed by atoms with Crippen LogP contribution < -0.4 is 10.6 Å². The van der Waals surface area contributed by atoms with Crippen molar-refractivity contribution >= 4 is 5.96 Å². The van der Waals surface area contributed by atoms with Gasteiger partial charge in [0.25, 0.3) is 0 Å². The molecule has 0 amide bonds. The van der Waals surface area contributed by atoms with E-state index in [1.54, 1.807) is 0 Å². The van der Waals surface area contributed by atoms with Crippen molar-refractivity contribution < 1.29 is 0 Å². The van der Waals surface area contributed by atoms with Crippen LogP contribution in [0.25, 0.3) is 0 Å². The summed E-state index contributed by atoms with van der Waals surface area (Å²) >= 11 is 0. The lowest BCUT2D eigenvalue weighted by Gasteiger charge is -2.34. The Morgan fingerprint density at radius 3 is 2.20 bits per heavy atom. The summed E-state index contributed by atoms with van der Waals surface area (Å²) < 4.78 is 0. The number of aliphatic imine (C=N–C) groups is 1. The summed E-state index contributed by atoms with van der Waals surface area (Å²) in [7, 11) is 1.82. The van der Waals surface area contributed by atoms with Crippen molar-refractivity contribution in [2.75, 3.05) is 39.8 Å². The molecule has 5 nitrogen and oxygen atoms in total. The van der Waals surface area contributed by atoms with Gasteiger partial charge in [-0.2, -0.15) is 0 Å². The Balaban J connectivity index is 1.78. The van der Waals surface area contributed by atoms with Gasteiger partial charge >= 0.3 is 0 Å². The molecule has 1 aliphatic rings. The Hall–Kier alpha value is -1.59. The van der Waals surface area contributed by atoms with E-state index in [2.05, 4.69) is 70.5 Å². The Bertz CT molecular complexity index is 517. The first-order valence-electron chi connectivity index (χ1n) is 9.64. The molecule has 0 radical (unpaired) electrons. The summed E-state index contributed by atoms with van der Waals surface area (Å²) in [5.74, 6) is 0.868. The number of nitrogens with one attached hydrogen (secondary N) is 2. The third kappa shape index (κ3) is 6.67. The molecule has 5 heteroatoms. The Morgan fingerprint density at radius 2 is 1.64 bits per heavy atom. The van der Waals surface area contributed by atoms with E-state index in [0.29, 0.717) is 6.04 Å². The summed E-state index contributed by atoms with van der Waals surface area (Å²) in [6, 6.07) is 9.39. The summed E-state index contributed by atoms with van der Waals surface area (Å²) in [6.45, 7) is 14.4. The molecule has 1 saturated heterocycles. The van der Waals surface area contributed by atoms with Crippen molar-refractivity contribution in [1.82, 2.24) is 20.4 Å². The molecule has 0 bridgehead atoms. The molecule has 1 aromatic carbocycles. The Labute approximate surface area is 153 Å². The molecule has 1 fully saturated rings. The minimum Gasteiger partial charge on any atom is -0.354 e. The molecule has 0 saturated carbocycles. The summed E-state index contributed by atoms with van der Waals surface area (Å²) in [5, 5.41) is 6.77. The van der Waals surface area contributed by atoms with Gasteiger partial charge in [0.05, 0.1) is 0 Å². The highest BCUT2D eigenvalue weighted by molar-refractivity contribution is 5.79. The van der Waals surface area contributed by atoms with Crippen molar-refractivity contribution in [3.63, 3.8) is 0 Å². The highest BCUT2D eigenvalue weighted by Gasteiger charge is 2.15. The maximum atomic E-state index is 4.28. The fraction of sp³-hybridized carbons (Fsp3) is 0.650. The van der Waals surface area contributed by atoms with Crippen LogP contribution in [0.2, 0.25) is 0 Å². The number of benzene rings is 1. The SMILES string of the molecule is CCC(C)NC(=NC)NCc1ccc(CN2CCN(CC)CC2)cc1. The van der Waals surface area contributed by atoms with E-state index in [-0.39, 0.29) is 0 Å². The first kappa shape index (κ1) is 19.7. The lowest BCUT2D eigenvalue weighted by atomic mass is 10.1. The summed E-state index contributed by atoms with van der Waals surface area (Å²) in [4.78, 5) is 9.36. The molecule has 1 heterocycles. The van der Waals surface area contributed by atoms with Crippen molar-refractivity contribution in [2.45, 2.75) is 46.3 Å². The van der Waals surface area contributed by atoms with Gasteiger partial charge in [-0.15, -0.1) is 0 Å². The summed E-state index contributed by atoms with van der Waals surface area (Å²) in [6.07, 6.45) is 1.09. The summed E-state index contributed by atoms with van der Waals surface area (Å²) in [5.41, 5.74) is 2.68. The molecule has 140 valence electrons. The van der Waals surface area contributed by atoms with Crippen LogP contribution in [0.1, 0.15) is 38.3 Å². The first-order chi connectivity index (χ1) is 12.1. The lowest BCUT2D eigenvalue weighted by Crippen LogP contribution is -2.45. The maximum Gasteiger partial charge on any atom is 0.191 e. The minimum absolute atomic E-state index is 0.432. The van der Waals surface area contributed by atoms with Gasteiger partial charge in [-0.25, -0.2) is 0 Å². The van der Waals surface area contributed by atoms with E-state index in [1.165, 1.54) is 43.9 Å². The van der Waals surface area contributed by atoms with Crippen molar-refractivity contribution in [3.05, 3.63) is 35.4 Å². The van der Waals surface area contributed by atoms with Crippen molar-refractivity contribution in [3.8, 4) is 0 Å². The van der Waals surface area contributed by atoms with Gasteiger partial charge in [0.2, 0.25) is 0 Å². The molecule has 1 aromatic rings. The highest BCUT2D eigenvalue weighted by atomic mass is 15.3. The monoisotopic (exact) mass is 345 g/mol. The zero-order valence-electron chi connectivity index (χ0n) is 16.4. The molecule has 1 aliphatic heterocycles. The van der Waals surface area contributed by atoms with Crippen LogP contribution in [-0.2, 0) is 13.1 Å². The average molecular weight is 346 g/mol. The molecular weight excluding hydrogens is 310 g/mol. The fourth-order valence-electron chi connectivity index (χ4n) is 3.00. The van der Waals surface area contributed by atoms with Crippen LogP contribution in [0.3, 0.4) is 0 Å². The largest absolute Gasteiger partial charge is 0.354 e. The van der Waals surface area contributed by atoms with Crippen molar-refractivity contribution in [2.24, 2.45) is 4.99 Å². The minimum atomic E-state index is 0.432. The fourth-order valence-corrected chi connectivity index (χ4v) is 3.00. The van der Waals surface area contributed by atoms with Gasteiger partial charge in [-0.1, -0.05) is 38.1 Å². The number of guanidine groups is 1. The van der Waals surface area contributed by atoms with E-state index in [1.807, 2.05) is 7.05 Å². The lowest BCUT2D eigenvalue weighted by molar-refractivity contribution is 0.132. The van der Waals surface area contributed by atoms with Gasteiger partial charge in [0.15, 0.2) is 5.96 Å². The molecule has 0 aromatic heterocycles. The Morgan fingerprint density at radius 1 is 1.04 bits per heavy atom. The topological polar surface area (TPSA) is 42.9 Å². The molecular formula is C20H35N5. The molecule has 1 atom stereocenters. The predicted molar refractivity (Wildman–Crippen MR) is 107 cm³/mol. The first-order valence-corrected chi connectivity index (χ1v) is 9.64. The zero-order chi connectivity index (χ0) is 18.1. The van der Waals surface area contributed by atoms with Crippen LogP contribution in [0.4, 0.5) is 0 Å². The maximum absolute atomic E-state index is 4.28. The third-order valence-corrected chi connectivity index (χ3v) is 5.02. The van der Waals surface area contributed by atoms with Crippen LogP contribution in [0.5, 0.6) is 0 Å². The quantitative estimate of drug-likeness (QED) is 0.588. The van der Waals surface area contributed by atoms with Crippen LogP contribution in [0.15, 0.2) is 29.3 Å². The highest BCUT2D eigenvalue weighted by Crippen LogP contribution is 2.10. The standard InChI is InChI=1S/C20H35N5/c1-5-17(3)23-20(21-4)22-15-18-7-9-19(10-8-18)16-25-13-11-24(6-2)12-14-25/h7-10,17H,5-6,11-16H2,1-4H3,(H2,21,22,23). The van der Waals surface area contributed by atoms with Gasteiger partial charge in [-0.05, 0) is 31.0 Å². The number of piperazine rings is 1. The number of hydrogen-bond donors (Lipinski definition) is 2. The zero-order valence-corrected chi connectivity index (χ0v) is 16.4. The van der Waals surface area contributed by atoms with Crippen LogP contribution in [-0.4, -0.2) is 61.6 Å². The number of likely N-dealkylation sites (N-methyl/N-ethyl adjacent to an activating group) is 1. The molecule has 1 unspecified atom stereocenters. The van der Waals surface area contributed by atoms with E-state index in [0.717, 1.165) is 25.5 Å². The normalized spacial score (nSPS) is 18.2. The second-order valence-corrected chi connectivity index (χ2v) is 6.91. The van der Waals surface area contributed by atoms with Gasteiger partial charge in [0.1, 0.15) is 0 Å². The molecule has 2 rings (SSSR count). The smallest absolute Gasteiger partial charge is 0.191 e. The van der Waals surface area contributed by atoms with Gasteiger partial charge in [-0.3, -0.25) is 9.89 Å². The molecule has 2 N–H and O–H groups in total. The van der Waals surface area contributed by atoms with E-state index in [4.69, 9.17) is 0 Å². The average Bonchev–Trinajstić information content (AvgIpc) is 2.66. The molecule has 25 heavy (non-hydrogen) atoms. The van der Waals surface area contributed by atoms with E-state index in [9.17, 15) is 0 Å². The Kier molecular flexibility index (Phi) is 8.22. The number of rotatable bonds is 7. The number of hydrogen-bond acceptors (Lipinski definition) is 3. The van der Waals surface area contributed by atoms with E-state index >= 15 is 0 Å². The third-order valence-electron chi connectivity index (χ3n) is 5.02. The van der Waals surface area contributed by atoms with Crippen molar-refractivity contribution in [1.29, 1.82) is 0 Å². The number of nitrogens with zero attached hydrogens (tertiary/aromatic N) is 3. The predicted octanol–water partition coefficient (Wildman–Crippen LogP) is 2.29. The van der Waals surface area contributed by atoms with Crippen LogP contribution >= 0.6 is 0 Å². The molecule has 0 spiro atoms. The second-order valence-electron chi connectivity index (χ2n) is 6.91. The van der Waals surface area contributed by atoms with Gasteiger partial charge in [0, 0.05) is 52.4 Å².